The summed E-state index contributed by atoms with van der Waals surface area (Å²) in [4.78, 5) is 25.3. The van der Waals surface area contributed by atoms with Crippen LogP contribution >= 0.6 is 0 Å². The van der Waals surface area contributed by atoms with Gasteiger partial charge in [0.25, 0.3) is 5.91 Å². The zero-order chi connectivity index (χ0) is 22.0. The fourth-order valence-corrected chi connectivity index (χ4v) is 4.02. The zero-order valence-corrected chi connectivity index (χ0v) is 18.0. The van der Waals surface area contributed by atoms with Crippen LogP contribution < -0.4 is 10.2 Å². The maximum absolute atomic E-state index is 13.6. The van der Waals surface area contributed by atoms with Gasteiger partial charge in [0, 0.05) is 23.9 Å². The van der Waals surface area contributed by atoms with Crippen LogP contribution in [-0.2, 0) is 4.84 Å². The van der Waals surface area contributed by atoms with E-state index < -0.39 is 5.60 Å². The van der Waals surface area contributed by atoms with Crippen LogP contribution in [0, 0.1) is 6.92 Å². The molecule has 0 aliphatic carbocycles. The maximum Gasteiger partial charge on any atom is 0.259 e. The van der Waals surface area contributed by atoms with E-state index in [0.717, 1.165) is 37.1 Å². The minimum atomic E-state index is -0.806. The summed E-state index contributed by atoms with van der Waals surface area (Å²) in [5, 5.41) is 20.2. The van der Waals surface area contributed by atoms with Gasteiger partial charge in [0.15, 0.2) is 11.3 Å². The van der Waals surface area contributed by atoms with Gasteiger partial charge in [-0.25, -0.2) is 4.98 Å². The monoisotopic (exact) mass is 421 g/mol. The molecule has 2 N–H and O–H groups in total. The zero-order valence-electron chi connectivity index (χ0n) is 18.0. The first-order chi connectivity index (χ1) is 14.9. The largest absolute Gasteiger partial charge is 0.410 e. The molecule has 0 spiro atoms. The second-order valence-corrected chi connectivity index (χ2v) is 8.39. The molecule has 1 saturated heterocycles. The van der Waals surface area contributed by atoms with Crippen molar-refractivity contribution in [1.29, 1.82) is 0 Å². The molecular weight excluding hydrogens is 394 g/mol. The first-order valence-electron chi connectivity index (χ1n) is 10.5. The molecule has 8 nitrogen and oxygen atoms in total. The van der Waals surface area contributed by atoms with E-state index in [9.17, 15) is 10.0 Å². The number of carbonyl (C=O) groups is 1. The van der Waals surface area contributed by atoms with Crippen molar-refractivity contribution in [2.45, 2.75) is 45.3 Å². The number of piperidine rings is 1. The minimum absolute atomic E-state index is 0.0380. The van der Waals surface area contributed by atoms with Crippen molar-refractivity contribution in [3.63, 3.8) is 0 Å². The van der Waals surface area contributed by atoms with E-state index in [1.807, 2.05) is 24.0 Å². The number of rotatable bonds is 4. The summed E-state index contributed by atoms with van der Waals surface area (Å²) in [7, 11) is 0. The van der Waals surface area contributed by atoms with E-state index in [1.54, 1.807) is 44.3 Å². The Morgan fingerprint density at radius 1 is 1.29 bits per heavy atom. The number of aryl methyl sites for hydroxylation is 1. The molecule has 2 aliphatic rings. The normalized spacial score (nSPS) is 21.5. The Labute approximate surface area is 181 Å². The van der Waals surface area contributed by atoms with Gasteiger partial charge in [-0.05, 0) is 63.9 Å². The van der Waals surface area contributed by atoms with Crippen LogP contribution in [0.4, 0.5) is 5.82 Å². The molecule has 3 heterocycles. The fourth-order valence-electron chi connectivity index (χ4n) is 4.02. The lowest BCUT2D eigenvalue weighted by molar-refractivity contribution is 0.0507. The molecule has 0 saturated carbocycles. The topological polar surface area (TPSA) is 99.4 Å². The van der Waals surface area contributed by atoms with E-state index in [1.165, 1.54) is 0 Å². The number of amides is 1. The Morgan fingerprint density at radius 2 is 2.06 bits per heavy atom. The quantitative estimate of drug-likeness (QED) is 0.584. The molecule has 1 aromatic heterocycles. The lowest BCUT2D eigenvalue weighted by Crippen LogP contribution is -2.49. The standard InChI is InChI=1S/C23H27N5O3/c1-15-6-4-13-25-21(15)28(18-7-5-12-24-14-18)22(29)17-10-8-16(9-11-17)19-20(26-30)23(2,3)31-27-19/h4,6,8-11,13,18,24,30H,5,7,12,14H2,1-3H3/b26-20-/t18-/m1/s1. The number of nitrogens with one attached hydrogen (secondary N) is 1. The van der Waals surface area contributed by atoms with Crippen LogP contribution in [0.25, 0.3) is 0 Å². The van der Waals surface area contributed by atoms with Crippen LogP contribution in [0.3, 0.4) is 0 Å². The number of oxime groups is 2. The van der Waals surface area contributed by atoms with Crippen molar-refractivity contribution < 1.29 is 14.8 Å². The smallest absolute Gasteiger partial charge is 0.259 e. The number of benzene rings is 1. The average molecular weight is 422 g/mol. The summed E-state index contributed by atoms with van der Waals surface area (Å²) in [5.74, 6) is 0.596. The predicted molar refractivity (Wildman–Crippen MR) is 119 cm³/mol. The Kier molecular flexibility index (Phi) is 5.73. The van der Waals surface area contributed by atoms with Crippen molar-refractivity contribution in [3.05, 3.63) is 59.3 Å². The number of hydrogen-bond acceptors (Lipinski definition) is 7. The van der Waals surface area contributed by atoms with Crippen LogP contribution in [0.2, 0.25) is 0 Å². The van der Waals surface area contributed by atoms with Gasteiger partial charge in [-0.1, -0.05) is 28.5 Å². The molecule has 0 unspecified atom stereocenters. The summed E-state index contributed by atoms with van der Waals surface area (Å²) in [6.45, 7) is 7.23. The summed E-state index contributed by atoms with van der Waals surface area (Å²) in [6.07, 6.45) is 3.66. The molecule has 162 valence electrons. The molecule has 4 rings (SSSR count). The lowest BCUT2D eigenvalue weighted by Gasteiger charge is -2.34. The van der Waals surface area contributed by atoms with Crippen LogP contribution in [0.1, 0.15) is 48.2 Å². The summed E-state index contributed by atoms with van der Waals surface area (Å²) in [5.41, 5.74) is 2.24. The van der Waals surface area contributed by atoms with Gasteiger partial charge in [0.2, 0.25) is 0 Å². The van der Waals surface area contributed by atoms with Gasteiger partial charge in [0.1, 0.15) is 11.5 Å². The Morgan fingerprint density at radius 3 is 2.71 bits per heavy atom. The molecule has 0 radical (unpaired) electrons. The van der Waals surface area contributed by atoms with E-state index in [-0.39, 0.29) is 11.9 Å². The molecular formula is C23H27N5O3. The second kappa shape index (κ2) is 8.47. The maximum atomic E-state index is 13.6. The van der Waals surface area contributed by atoms with Crippen molar-refractivity contribution in [2.24, 2.45) is 10.3 Å². The van der Waals surface area contributed by atoms with Gasteiger partial charge < -0.3 is 15.4 Å². The van der Waals surface area contributed by atoms with E-state index >= 15 is 0 Å². The van der Waals surface area contributed by atoms with E-state index in [2.05, 4.69) is 20.6 Å². The number of anilines is 1. The van der Waals surface area contributed by atoms with Gasteiger partial charge in [-0.15, -0.1) is 0 Å². The van der Waals surface area contributed by atoms with Crippen molar-refractivity contribution in [2.75, 3.05) is 18.0 Å². The molecule has 1 amide bonds. The average Bonchev–Trinajstić information content (AvgIpc) is 3.10. The van der Waals surface area contributed by atoms with Crippen molar-refractivity contribution >= 4 is 23.1 Å². The lowest BCUT2D eigenvalue weighted by atomic mass is 9.94. The van der Waals surface area contributed by atoms with Crippen LogP contribution in [-0.4, -0.2) is 52.3 Å². The van der Waals surface area contributed by atoms with Crippen LogP contribution in [0.5, 0.6) is 0 Å². The molecule has 0 bridgehead atoms. The summed E-state index contributed by atoms with van der Waals surface area (Å²) >= 11 is 0. The molecule has 1 aromatic carbocycles. The third kappa shape index (κ3) is 4.03. The highest BCUT2D eigenvalue weighted by molar-refractivity contribution is 6.51. The Balaban J connectivity index is 1.64. The van der Waals surface area contributed by atoms with Crippen molar-refractivity contribution in [3.8, 4) is 0 Å². The first kappa shape index (κ1) is 21.0. The number of nitrogens with zero attached hydrogens (tertiary/aromatic N) is 4. The molecule has 2 aromatic rings. The van der Waals surface area contributed by atoms with Crippen molar-refractivity contribution in [1.82, 2.24) is 10.3 Å². The number of pyridine rings is 1. The van der Waals surface area contributed by atoms with E-state index in [4.69, 9.17) is 4.84 Å². The molecule has 8 heteroatoms. The minimum Gasteiger partial charge on any atom is -0.410 e. The van der Waals surface area contributed by atoms with Crippen LogP contribution in [0.15, 0.2) is 52.9 Å². The summed E-state index contributed by atoms with van der Waals surface area (Å²) in [6, 6.07) is 11.0. The SMILES string of the molecule is Cc1cccnc1N(C(=O)c1ccc(C2=NOC(C)(C)/C2=N\O)cc1)[C@@H]1CCCNC1. The van der Waals surface area contributed by atoms with Gasteiger partial charge in [0.05, 0.1) is 6.04 Å². The Hall–Kier alpha value is -3.26. The molecule has 1 fully saturated rings. The predicted octanol–water partition coefficient (Wildman–Crippen LogP) is 3.13. The Bertz CT molecular complexity index is 1020. The molecule has 2 aliphatic heterocycles. The number of hydrogen-bond donors (Lipinski definition) is 2. The van der Waals surface area contributed by atoms with Gasteiger partial charge in [-0.3, -0.25) is 9.69 Å². The summed E-state index contributed by atoms with van der Waals surface area (Å²) < 4.78 is 0. The highest BCUT2D eigenvalue weighted by Gasteiger charge is 2.39. The third-order valence-corrected chi connectivity index (χ3v) is 5.73. The molecule has 31 heavy (non-hydrogen) atoms. The first-order valence-corrected chi connectivity index (χ1v) is 10.5. The number of aromatic nitrogens is 1. The van der Waals surface area contributed by atoms with Gasteiger partial charge >= 0.3 is 0 Å². The highest BCUT2D eigenvalue weighted by Crippen LogP contribution is 2.26. The fraction of sp³-hybridized carbons (Fsp3) is 0.391. The molecule has 1 atom stereocenters. The second-order valence-electron chi connectivity index (χ2n) is 8.39. The number of carbonyl (C=O) groups excluding carboxylic acids is 1. The highest BCUT2D eigenvalue weighted by atomic mass is 16.7. The third-order valence-electron chi connectivity index (χ3n) is 5.73. The van der Waals surface area contributed by atoms with Gasteiger partial charge in [-0.2, -0.15) is 0 Å². The van der Waals surface area contributed by atoms with E-state index in [0.29, 0.717) is 22.8 Å².